The standard InChI is InChI=1S/C49H56N2O14/c1-26-33(63-45(59)38(55)37(31-20-15-21-32(22-31)51(7)8)50-43(57)29-16-11-9-12-17-29)24-49(60)42(64-44(58)30-18-13-10-14-19-30)40-47(6,34(54)23-35-48(40,25-61-35)65-28(3)53)41(56)39(62-27(2)52)36(26)46(49,4)5/h9-22,33-35,37-40,42,54-55,60H,23-25H2,1-8H3,(H,50,57)/t33-,34-,35+,37+,38+,39+,40-,42-,47+,48-,49+/m0/s1. The molecule has 4 N–H and O–H groups in total. The smallest absolute Gasteiger partial charge is 0.338 e. The molecular formula is C49H56N2O14. The van der Waals surface area contributed by atoms with Gasteiger partial charge in [0.15, 0.2) is 23.6 Å². The minimum absolute atomic E-state index is 0.00694. The third kappa shape index (κ3) is 8.00. The van der Waals surface area contributed by atoms with Crippen LogP contribution >= 0.6 is 0 Å². The average Bonchev–Trinajstić information content (AvgIpc) is 3.26. The van der Waals surface area contributed by atoms with Gasteiger partial charge in [-0.05, 0) is 67.0 Å². The van der Waals surface area contributed by atoms with Crippen LogP contribution in [0.25, 0.3) is 0 Å². The Kier molecular flexibility index (Phi) is 12.6. The number of Topliss-reactive ketones (excluding diaryl/α,β-unsaturated/α-hetero) is 1. The van der Waals surface area contributed by atoms with Gasteiger partial charge in [-0.15, -0.1) is 0 Å². The van der Waals surface area contributed by atoms with Crippen LogP contribution in [-0.2, 0) is 42.9 Å². The summed E-state index contributed by atoms with van der Waals surface area (Å²) in [6.45, 7) is 7.98. The first-order valence-corrected chi connectivity index (χ1v) is 21.5. The van der Waals surface area contributed by atoms with Gasteiger partial charge in [0.2, 0.25) is 0 Å². The minimum Gasteiger partial charge on any atom is -0.456 e. The zero-order chi connectivity index (χ0) is 47.4. The Morgan fingerprint density at radius 2 is 1.49 bits per heavy atom. The van der Waals surface area contributed by atoms with E-state index in [1.807, 2.05) is 0 Å². The molecule has 7 rings (SSSR count). The monoisotopic (exact) mass is 896 g/mol. The van der Waals surface area contributed by atoms with Gasteiger partial charge in [-0.2, -0.15) is 0 Å². The van der Waals surface area contributed by atoms with Gasteiger partial charge in [0.25, 0.3) is 5.91 Å². The zero-order valence-corrected chi connectivity index (χ0v) is 37.6. The van der Waals surface area contributed by atoms with Crippen LogP contribution < -0.4 is 10.2 Å². The highest BCUT2D eigenvalue weighted by Gasteiger charge is 2.78. The van der Waals surface area contributed by atoms with Crippen molar-refractivity contribution in [1.82, 2.24) is 5.32 Å². The first kappa shape index (κ1) is 47.0. The molecule has 1 aliphatic heterocycles. The predicted octanol–water partition coefficient (Wildman–Crippen LogP) is 3.80. The summed E-state index contributed by atoms with van der Waals surface area (Å²) in [5.41, 5.74) is -6.39. The number of fused-ring (bicyclic) bond motifs is 5. The molecule has 16 nitrogen and oxygen atoms in total. The van der Waals surface area contributed by atoms with Gasteiger partial charge < -0.3 is 49.2 Å². The normalized spacial score (nSPS) is 30.9. The molecular weight excluding hydrogens is 841 g/mol. The number of nitrogens with zero attached hydrogens (tertiary/aromatic N) is 1. The van der Waals surface area contributed by atoms with Gasteiger partial charge in [-0.25, -0.2) is 9.59 Å². The van der Waals surface area contributed by atoms with Gasteiger partial charge >= 0.3 is 23.9 Å². The molecule has 1 saturated heterocycles. The molecule has 3 fully saturated rings. The van der Waals surface area contributed by atoms with Crippen LogP contribution in [0, 0.1) is 16.7 Å². The number of hydrogen-bond donors (Lipinski definition) is 4. The second-order valence-electron chi connectivity index (χ2n) is 18.4. The maximum atomic E-state index is 15.6. The lowest BCUT2D eigenvalue weighted by atomic mass is 9.44. The van der Waals surface area contributed by atoms with Crippen molar-refractivity contribution in [3.8, 4) is 0 Å². The highest BCUT2D eigenvalue weighted by molar-refractivity contribution is 5.96. The molecule has 0 spiro atoms. The van der Waals surface area contributed by atoms with Crippen molar-refractivity contribution in [2.75, 3.05) is 25.6 Å². The van der Waals surface area contributed by atoms with E-state index < -0.39 is 113 Å². The number of aliphatic hydroxyl groups excluding tert-OH is 2. The molecule has 4 aliphatic rings. The number of anilines is 1. The van der Waals surface area contributed by atoms with E-state index in [1.165, 1.54) is 26.0 Å². The van der Waals surface area contributed by atoms with E-state index in [-0.39, 0.29) is 35.3 Å². The fourth-order valence-corrected chi connectivity index (χ4v) is 10.5. The molecule has 11 atom stereocenters. The molecule has 1 amide bonds. The largest absolute Gasteiger partial charge is 0.456 e. The Morgan fingerprint density at radius 3 is 2.06 bits per heavy atom. The van der Waals surface area contributed by atoms with Crippen LogP contribution in [0.3, 0.4) is 0 Å². The van der Waals surface area contributed by atoms with Crippen molar-refractivity contribution < 1.29 is 67.8 Å². The SMILES string of the molecule is CC(=O)O[C@H]1C(=O)[C@@]2(C)[C@H]([C@H](OC(=O)c3ccccc3)[C@]3(O)C[C@H](OC(=O)[C@H](O)[C@H](NC(=O)c4ccccc4)c4cccc(N(C)C)c4)C(C)=C1C3(C)C)[C@]1(OC(C)=O)CO[C@@H]1C[C@@H]2O. The van der Waals surface area contributed by atoms with Gasteiger partial charge in [-0.1, -0.05) is 62.4 Å². The Bertz CT molecular complexity index is 2400. The number of hydrogen-bond acceptors (Lipinski definition) is 15. The lowest BCUT2D eigenvalue weighted by Gasteiger charge is -2.67. The van der Waals surface area contributed by atoms with E-state index >= 15 is 4.79 Å². The summed E-state index contributed by atoms with van der Waals surface area (Å²) in [6, 6.07) is 21.5. The number of carbonyl (C=O) groups is 6. The number of amides is 1. The number of ether oxygens (including phenoxy) is 5. The molecule has 0 unspecified atom stereocenters. The van der Waals surface area contributed by atoms with Gasteiger partial charge in [-0.3, -0.25) is 19.2 Å². The summed E-state index contributed by atoms with van der Waals surface area (Å²) in [5.74, 6) is -6.88. The summed E-state index contributed by atoms with van der Waals surface area (Å²) in [6.07, 6.45) is -10.6. The Balaban J connectivity index is 1.39. The molecule has 3 aromatic carbocycles. The molecule has 1 heterocycles. The molecule has 346 valence electrons. The summed E-state index contributed by atoms with van der Waals surface area (Å²) in [4.78, 5) is 85.9. The number of benzene rings is 3. The summed E-state index contributed by atoms with van der Waals surface area (Å²) in [5, 5.41) is 40.6. The lowest BCUT2D eigenvalue weighted by Crippen LogP contribution is -2.82. The number of esters is 4. The quantitative estimate of drug-likeness (QED) is 0.122. The molecule has 16 heteroatoms. The van der Waals surface area contributed by atoms with Gasteiger partial charge in [0, 0.05) is 57.5 Å². The Morgan fingerprint density at radius 1 is 0.862 bits per heavy atom. The second kappa shape index (κ2) is 17.5. The Hall–Kier alpha value is -5.94. The van der Waals surface area contributed by atoms with Crippen molar-refractivity contribution in [2.45, 2.75) is 108 Å². The van der Waals surface area contributed by atoms with Crippen LogP contribution in [0.1, 0.15) is 86.7 Å². The molecule has 2 bridgehead atoms. The first-order valence-electron chi connectivity index (χ1n) is 21.5. The molecule has 0 aromatic heterocycles. The van der Waals surface area contributed by atoms with E-state index in [9.17, 15) is 39.3 Å². The third-order valence-corrected chi connectivity index (χ3v) is 14.1. The van der Waals surface area contributed by atoms with Gasteiger partial charge in [0.05, 0.1) is 35.6 Å². The van der Waals surface area contributed by atoms with E-state index in [4.69, 9.17) is 23.7 Å². The van der Waals surface area contributed by atoms with Crippen LogP contribution in [0.4, 0.5) is 5.69 Å². The second-order valence-corrected chi connectivity index (χ2v) is 18.4. The van der Waals surface area contributed by atoms with Crippen LogP contribution in [0.15, 0.2) is 96.1 Å². The lowest BCUT2D eigenvalue weighted by molar-refractivity contribution is -0.346. The van der Waals surface area contributed by atoms with Crippen molar-refractivity contribution in [3.05, 3.63) is 113 Å². The molecule has 0 radical (unpaired) electrons. The summed E-state index contributed by atoms with van der Waals surface area (Å²) >= 11 is 0. The number of aliphatic hydroxyl groups is 3. The highest BCUT2D eigenvalue weighted by atomic mass is 16.6. The summed E-state index contributed by atoms with van der Waals surface area (Å²) in [7, 11) is 3.60. The topological polar surface area (TPSA) is 225 Å². The Labute approximate surface area is 376 Å². The number of nitrogens with one attached hydrogen (secondary N) is 1. The molecule has 65 heavy (non-hydrogen) atoms. The van der Waals surface area contributed by atoms with Crippen molar-refractivity contribution in [3.63, 3.8) is 0 Å². The fraction of sp³-hybridized carbons (Fsp3) is 0.469. The number of rotatable bonds is 11. The van der Waals surface area contributed by atoms with E-state index in [0.717, 1.165) is 13.8 Å². The summed E-state index contributed by atoms with van der Waals surface area (Å²) < 4.78 is 30.4. The maximum absolute atomic E-state index is 15.6. The average molecular weight is 897 g/mol. The molecule has 3 aromatic rings. The van der Waals surface area contributed by atoms with E-state index in [2.05, 4.69) is 5.32 Å². The van der Waals surface area contributed by atoms with Crippen LogP contribution in [0.5, 0.6) is 0 Å². The predicted molar refractivity (Wildman–Crippen MR) is 232 cm³/mol. The zero-order valence-electron chi connectivity index (χ0n) is 37.6. The van der Waals surface area contributed by atoms with Gasteiger partial charge in [0.1, 0.15) is 23.9 Å². The van der Waals surface area contributed by atoms with Crippen molar-refractivity contribution in [2.24, 2.45) is 16.7 Å². The van der Waals surface area contributed by atoms with E-state index in [0.29, 0.717) is 11.3 Å². The van der Waals surface area contributed by atoms with Crippen LogP contribution in [0.2, 0.25) is 0 Å². The third-order valence-electron chi connectivity index (χ3n) is 14.1. The number of ketones is 1. The van der Waals surface area contributed by atoms with Crippen molar-refractivity contribution in [1.29, 1.82) is 0 Å². The number of carbonyl (C=O) groups excluding carboxylic acids is 6. The molecule has 3 aliphatic carbocycles. The van der Waals surface area contributed by atoms with Crippen molar-refractivity contribution >= 4 is 41.3 Å². The van der Waals surface area contributed by atoms with Crippen LogP contribution in [-0.4, -0.2) is 119 Å². The maximum Gasteiger partial charge on any atom is 0.338 e. The highest BCUT2D eigenvalue weighted by Crippen LogP contribution is 2.64. The minimum atomic E-state index is -2.40. The molecule has 2 saturated carbocycles. The fourth-order valence-electron chi connectivity index (χ4n) is 10.5. The van der Waals surface area contributed by atoms with E-state index in [1.54, 1.807) is 106 Å². The first-order chi connectivity index (χ1) is 30.6.